The first kappa shape index (κ1) is 19.1. The Labute approximate surface area is 157 Å². The van der Waals surface area contributed by atoms with E-state index in [1.807, 2.05) is 45.0 Å². The van der Waals surface area contributed by atoms with E-state index in [1.54, 1.807) is 12.1 Å². The zero-order valence-corrected chi connectivity index (χ0v) is 16.3. The summed E-state index contributed by atoms with van der Waals surface area (Å²) in [5.74, 6) is 1.26. The van der Waals surface area contributed by atoms with Crippen molar-refractivity contribution in [3.05, 3.63) is 64.1 Å². The Morgan fingerprint density at radius 2 is 1.68 bits per heavy atom. The van der Waals surface area contributed by atoms with Gasteiger partial charge in [-0.2, -0.15) is 0 Å². The highest BCUT2D eigenvalue weighted by Gasteiger charge is 2.09. The summed E-state index contributed by atoms with van der Waals surface area (Å²) in [7, 11) is 0. The van der Waals surface area contributed by atoms with Crippen LogP contribution in [-0.2, 0) is 4.79 Å². The summed E-state index contributed by atoms with van der Waals surface area (Å²) in [4.78, 5) is 12.1. The lowest BCUT2D eigenvalue weighted by Gasteiger charge is -2.13. The van der Waals surface area contributed by atoms with Gasteiger partial charge in [0, 0.05) is 10.2 Å². The molecule has 1 N–H and O–H groups in total. The summed E-state index contributed by atoms with van der Waals surface area (Å²) in [5, 5.41) is 2.81. The Kier molecular flexibility index (Phi) is 6.65. The molecule has 0 aliphatic carbocycles. The van der Waals surface area contributed by atoms with Crippen molar-refractivity contribution < 1.29 is 14.3 Å². The molecule has 2 rings (SSSR count). The predicted molar refractivity (Wildman–Crippen MR) is 104 cm³/mol. The van der Waals surface area contributed by atoms with Gasteiger partial charge in [0.1, 0.15) is 18.1 Å². The van der Waals surface area contributed by atoms with E-state index in [2.05, 4.69) is 27.8 Å². The van der Waals surface area contributed by atoms with Crippen molar-refractivity contribution in [1.29, 1.82) is 0 Å². The Bertz CT molecular complexity index is 746. The number of benzene rings is 2. The summed E-state index contributed by atoms with van der Waals surface area (Å²) in [6.45, 7) is 10.0. The van der Waals surface area contributed by atoms with Crippen molar-refractivity contribution in [2.45, 2.75) is 20.8 Å². The lowest BCUT2D eigenvalue weighted by atomic mass is 10.1. The van der Waals surface area contributed by atoms with Crippen molar-refractivity contribution in [2.24, 2.45) is 0 Å². The molecule has 0 fully saturated rings. The van der Waals surface area contributed by atoms with Crippen molar-refractivity contribution in [1.82, 2.24) is 0 Å². The number of carbonyl (C=O) groups is 1. The monoisotopic (exact) mass is 403 g/mol. The molecule has 0 bridgehead atoms. The van der Waals surface area contributed by atoms with Crippen LogP contribution in [0.5, 0.6) is 11.5 Å². The third kappa shape index (κ3) is 5.94. The van der Waals surface area contributed by atoms with Crippen LogP contribution < -0.4 is 14.8 Å². The fourth-order valence-corrected chi connectivity index (χ4v) is 2.99. The highest BCUT2D eigenvalue weighted by atomic mass is 79.9. The zero-order valence-electron chi connectivity index (χ0n) is 14.7. The van der Waals surface area contributed by atoms with Gasteiger partial charge in [0.05, 0.1) is 0 Å². The molecule has 132 valence electrons. The quantitative estimate of drug-likeness (QED) is 0.658. The first-order chi connectivity index (χ1) is 11.8. The van der Waals surface area contributed by atoms with Crippen molar-refractivity contribution >= 4 is 27.5 Å². The first-order valence-corrected chi connectivity index (χ1v) is 8.71. The number of halogens is 1. The van der Waals surface area contributed by atoms with Gasteiger partial charge in [-0.25, -0.2) is 0 Å². The molecule has 0 saturated carbocycles. The van der Waals surface area contributed by atoms with E-state index >= 15 is 0 Å². The van der Waals surface area contributed by atoms with Crippen LogP contribution in [0.25, 0.3) is 0 Å². The number of hydrogen-bond donors (Lipinski definition) is 1. The molecule has 0 aromatic heterocycles. The van der Waals surface area contributed by atoms with Crippen LogP contribution >= 0.6 is 15.9 Å². The van der Waals surface area contributed by atoms with Crippen molar-refractivity contribution in [3.8, 4) is 11.5 Å². The molecular weight excluding hydrogens is 382 g/mol. The van der Waals surface area contributed by atoms with E-state index in [-0.39, 0.29) is 12.5 Å². The zero-order chi connectivity index (χ0) is 18.4. The lowest BCUT2D eigenvalue weighted by molar-refractivity contribution is -0.118. The maximum Gasteiger partial charge on any atom is 0.262 e. The summed E-state index contributed by atoms with van der Waals surface area (Å²) >= 11 is 3.45. The molecule has 2 aromatic rings. The second kappa shape index (κ2) is 8.72. The molecule has 0 atom stereocenters. The third-order valence-corrected chi connectivity index (χ3v) is 3.85. The summed E-state index contributed by atoms with van der Waals surface area (Å²) in [6.07, 6.45) is 0. The average Bonchev–Trinajstić information content (AvgIpc) is 2.53. The van der Waals surface area contributed by atoms with Gasteiger partial charge in [-0.1, -0.05) is 22.5 Å². The summed E-state index contributed by atoms with van der Waals surface area (Å²) in [5.41, 5.74) is 3.62. The number of amides is 1. The van der Waals surface area contributed by atoms with E-state index in [1.165, 1.54) is 0 Å². The molecule has 25 heavy (non-hydrogen) atoms. The topological polar surface area (TPSA) is 47.6 Å². The lowest BCUT2D eigenvalue weighted by Crippen LogP contribution is -2.20. The smallest absolute Gasteiger partial charge is 0.262 e. The van der Waals surface area contributed by atoms with Crippen LogP contribution in [0.1, 0.15) is 18.1 Å². The molecule has 0 unspecified atom stereocenters. The number of aryl methyl sites for hydroxylation is 2. The molecule has 0 saturated heterocycles. The largest absolute Gasteiger partial charge is 0.489 e. The molecular formula is C20H22BrNO3. The van der Waals surface area contributed by atoms with Crippen LogP contribution in [0.4, 0.5) is 5.69 Å². The Morgan fingerprint density at radius 1 is 1.08 bits per heavy atom. The van der Waals surface area contributed by atoms with Crippen molar-refractivity contribution in [3.63, 3.8) is 0 Å². The van der Waals surface area contributed by atoms with E-state index in [0.29, 0.717) is 12.3 Å². The number of rotatable bonds is 7. The maximum absolute atomic E-state index is 12.1. The van der Waals surface area contributed by atoms with E-state index < -0.39 is 0 Å². The third-order valence-electron chi connectivity index (χ3n) is 3.40. The normalized spacial score (nSPS) is 10.2. The molecule has 0 heterocycles. The van der Waals surface area contributed by atoms with E-state index in [9.17, 15) is 4.79 Å². The average molecular weight is 404 g/mol. The minimum atomic E-state index is -0.211. The van der Waals surface area contributed by atoms with E-state index in [4.69, 9.17) is 9.47 Å². The maximum atomic E-state index is 12.1. The van der Waals surface area contributed by atoms with Crippen LogP contribution in [0.15, 0.2) is 53.0 Å². The van der Waals surface area contributed by atoms with Gasteiger partial charge >= 0.3 is 0 Å². The minimum absolute atomic E-state index is 0.0444. The summed E-state index contributed by atoms with van der Waals surface area (Å²) in [6, 6.07) is 11.1. The number of nitrogens with one attached hydrogen (secondary N) is 1. The van der Waals surface area contributed by atoms with Gasteiger partial charge in [-0.3, -0.25) is 4.79 Å². The van der Waals surface area contributed by atoms with Crippen LogP contribution in [0.3, 0.4) is 0 Å². The molecule has 2 aromatic carbocycles. The Morgan fingerprint density at radius 3 is 2.24 bits per heavy atom. The molecule has 1 amide bonds. The Hall–Kier alpha value is -2.27. The molecule has 0 spiro atoms. The second-order valence-electron chi connectivity index (χ2n) is 5.98. The molecule has 0 aliphatic heterocycles. The van der Waals surface area contributed by atoms with Crippen LogP contribution in [0, 0.1) is 13.8 Å². The number of hydrogen-bond acceptors (Lipinski definition) is 3. The standard InChI is InChI=1S/C20H22BrNO3/c1-13(2)11-24-18-7-5-17(6-8-18)22-19(23)12-25-20-14(3)9-16(21)10-15(20)4/h5-10H,1,11-12H2,2-4H3,(H,22,23). The first-order valence-electron chi connectivity index (χ1n) is 7.92. The van der Waals surface area contributed by atoms with Gasteiger partial charge < -0.3 is 14.8 Å². The predicted octanol–water partition coefficient (Wildman–Crippen LogP) is 5.04. The summed E-state index contributed by atoms with van der Waals surface area (Å²) < 4.78 is 12.2. The molecule has 0 aliphatic rings. The number of ether oxygens (including phenoxy) is 2. The van der Waals surface area contributed by atoms with Gasteiger partial charge in [-0.15, -0.1) is 0 Å². The van der Waals surface area contributed by atoms with Crippen LogP contribution in [0.2, 0.25) is 0 Å². The molecule has 4 nitrogen and oxygen atoms in total. The highest BCUT2D eigenvalue weighted by Crippen LogP contribution is 2.27. The minimum Gasteiger partial charge on any atom is -0.489 e. The number of anilines is 1. The fourth-order valence-electron chi connectivity index (χ4n) is 2.30. The molecule has 5 heteroatoms. The van der Waals surface area contributed by atoms with E-state index in [0.717, 1.165) is 32.7 Å². The number of carbonyl (C=O) groups excluding carboxylic acids is 1. The Balaban J connectivity index is 1.89. The second-order valence-corrected chi connectivity index (χ2v) is 6.89. The van der Waals surface area contributed by atoms with Gasteiger partial charge in [-0.05, 0) is 73.9 Å². The van der Waals surface area contributed by atoms with Gasteiger partial charge in [0.15, 0.2) is 6.61 Å². The fraction of sp³-hybridized carbons (Fsp3) is 0.250. The van der Waals surface area contributed by atoms with Crippen LogP contribution in [-0.4, -0.2) is 19.1 Å². The van der Waals surface area contributed by atoms with Gasteiger partial charge in [0.2, 0.25) is 0 Å². The SMILES string of the molecule is C=C(C)COc1ccc(NC(=O)COc2c(C)cc(Br)cc2C)cc1. The highest BCUT2D eigenvalue weighted by molar-refractivity contribution is 9.10. The molecule has 0 radical (unpaired) electrons. The van der Waals surface area contributed by atoms with Gasteiger partial charge in [0.25, 0.3) is 5.91 Å². The van der Waals surface area contributed by atoms with Crippen molar-refractivity contribution in [2.75, 3.05) is 18.5 Å².